The highest BCUT2D eigenvalue weighted by atomic mass is 16.5. The fraction of sp³-hybridized carbons (Fsp3) is 0.750. The Morgan fingerprint density at radius 1 is 1.47 bits per heavy atom. The van der Waals surface area contributed by atoms with Crippen LogP contribution in [0.15, 0.2) is 4.52 Å². The average Bonchev–Trinajstić information content (AvgIpc) is 2.99. The summed E-state index contributed by atoms with van der Waals surface area (Å²) in [4.78, 5) is 20.2. The number of hydrogen-bond acceptors (Lipinski definition) is 5. The van der Waals surface area contributed by atoms with Crippen molar-refractivity contribution in [1.82, 2.24) is 25.3 Å². The highest BCUT2D eigenvalue weighted by Gasteiger charge is 2.31. The number of amides is 2. The monoisotopic (exact) mass is 265 g/mol. The Morgan fingerprint density at radius 2 is 2.37 bits per heavy atom. The van der Waals surface area contributed by atoms with Gasteiger partial charge < -0.3 is 14.7 Å². The minimum absolute atomic E-state index is 0.0699. The van der Waals surface area contributed by atoms with Crippen molar-refractivity contribution in [2.45, 2.75) is 32.4 Å². The molecule has 2 aliphatic rings. The third-order valence-corrected chi connectivity index (χ3v) is 3.74. The molecule has 0 radical (unpaired) electrons. The fourth-order valence-corrected chi connectivity index (χ4v) is 2.86. The van der Waals surface area contributed by atoms with Crippen LogP contribution in [0.2, 0.25) is 0 Å². The lowest BCUT2D eigenvalue weighted by Gasteiger charge is -2.36. The van der Waals surface area contributed by atoms with Crippen LogP contribution in [0, 0.1) is 6.92 Å². The van der Waals surface area contributed by atoms with Crippen LogP contribution in [-0.4, -0.2) is 58.2 Å². The lowest BCUT2D eigenvalue weighted by atomic mass is 10.0. The Morgan fingerprint density at radius 3 is 3.05 bits per heavy atom. The molecule has 0 aliphatic carbocycles. The first kappa shape index (κ1) is 12.4. The molecule has 1 atom stereocenters. The van der Waals surface area contributed by atoms with Gasteiger partial charge >= 0.3 is 6.03 Å². The summed E-state index contributed by atoms with van der Waals surface area (Å²) in [6.07, 6.45) is 2.17. The molecule has 0 bridgehead atoms. The van der Waals surface area contributed by atoms with Gasteiger partial charge in [0.05, 0.1) is 6.54 Å². The van der Waals surface area contributed by atoms with Crippen LogP contribution in [0.4, 0.5) is 4.79 Å². The number of nitrogens with zero attached hydrogens (tertiary/aromatic N) is 4. The van der Waals surface area contributed by atoms with Crippen LogP contribution < -0.4 is 5.32 Å². The lowest BCUT2D eigenvalue weighted by Crippen LogP contribution is -2.48. The SMILES string of the molecule is Cc1noc(CN2CCCC(N3CCNC3=O)C2)n1. The highest BCUT2D eigenvalue weighted by Crippen LogP contribution is 2.19. The van der Waals surface area contributed by atoms with Gasteiger partial charge in [-0.15, -0.1) is 0 Å². The maximum atomic E-state index is 11.7. The van der Waals surface area contributed by atoms with Crippen molar-refractivity contribution in [3.63, 3.8) is 0 Å². The van der Waals surface area contributed by atoms with Gasteiger partial charge in [-0.05, 0) is 26.3 Å². The van der Waals surface area contributed by atoms with E-state index in [0.29, 0.717) is 24.3 Å². The zero-order chi connectivity index (χ0) is 13.2. The van der Waals surface area contributed by atoms with Gasteiger partial charge in [-0.25, -0.2) is 4.79 Å². The number of hydrogen-bond donors (Lipinski definition) is 1. The molecule has 7 heteroatoms. The maximum Gasteiger partial charge on any atom is 0.317 e. The van der Waals surface area contributed by atoms with Crippen LogP contribution in [-0.2, 0) is 6.54 Å². The number of aryl methyl sites for hydroxylation is 1. The molecule has 7 nitrogen and oxygen atoms in total. The first-order chi connectivity index (χ1) is 9.22. The van der Waals surface area contributed by atoms with E-state index in [0.717, 1.165) is 39.0 Å². The van der Waals surface area contributed by atoms with Crippen molar-refractivity contribution < 1.29 is 9.32 Å². The number of nitrogens with one attached hydrogen (secondary N) is 1. The largest absolute Gasteiger partial charge is 0.338 e. The number of carbonyl (C=O) groups is 1. The van der Waals surface area contributed by atoms with Gasteiger partial charge in [0, 0.05) is 25.7 Å². The lowest BCUT2D eigenvalue weighted by molar-refractivity contribution is 0.113. The minimum Gasteiger partial charge on any atom is -0.338 e. The molecule has 0 spiro atoms. The van der Waals surface area contributed by atoms with Crippen LogP contribution in [0.3, 0.4) is 0 Å². The second-order valence-corrected chi connectivity index (χ2v) is 5.19. The van der Waals surface area contributed by atoms with Gasteiger partial charge in [0.1, 0.15) is 0 Å². The Kier molecular flexibility index (Phi) is 3.37. The number of aromatic nitrogens is 2. The van der Waals surface area contributed by atoms with Crippen LogP contribution in [0.25, 0.3) is 0 Å². The second-order valence-electron chi connectivity index (χ2n) is 5.19. The molecular weight excluding hydrogens is 246 g/mol. The van der Waals surface area contributed by atoms with Crippen molar-refractivity contribution in [3.05, 3.63) is 11.7 Å². The van der Waals surface area contributed by atoms with Gasteiger partial charge in [0.15, 0.2) is 5.82 Å². The van der Waals surface area contributed by atoms with Gasteiger partial charge in [-0.2, -0.15) is 4.98 Å². The number of urea groups is 1. The van der Waals surface area contributed by atoms with Crippen molar-refractivity contribution >= 4 is 6.03 Å². The van der Waals surface area contributed by atoms with E-state index in [2.05, 4.69) is 20.4 Å². The van der Waals surface area contributed by atoms with Crippen LogP contribution >= 0.6 is 0 Å². The van der Waals surface area contributed by atoms with Crippen molar-refractivity contribution in [3.8, 4) is 0 Å². The zero-order valence-corrected chi connectivity index (χ0v) is 11.1. The molecule has 3 heterocycles. The van der Waals surface area contributed by atoms with E-state index >= 15 is 0 Å². The third-order valence-electron chi connectivity index (χ3n) is 3.74. The molecule has 3 rings (SSSR count). The molecular formula is C12H19N5O2. The Labute approximate surface area is 111 Å². The van der Waals surface area contributed by atoms with E-state index in [1.54, 1.807) is 0 Å². The van der Waals surface area contributed by atoms with E-state index in [-0.39, 0.29) is 6.03 Å². The smallest absolute Gasteiger partial charge is 0.317 e. The predicted octanol–water partition coefficient (Wildman–Crippen LogP) is 0.368. The molecule has 104 valence electrons. The summed E-state index contributed by atoms with van der Waals surface area (Å²) >= 11 is 0. The molecule has 1 aromatic rings. The summed E-state index contributed by atoms with van der Waals surface area (Å²) in [6, 6.07) is 0.376. The second kappa shape index (κ2) is 5.16. The molecule has 19 heavy (non-hydrogen) atoms. The minimum atomic E-state index is 0.0699. The number of likely N-dealkylation sites (tertiary alicyclic amines) is 1. The summed E-state index contributed by atoms with van der Waals surface area (Å²) in [5.41, 5.74) is 0. The predicted molar refractivity (Wildman–Crippen MR) is 67.4 cm³/mol. The molecule has 1 N–H and O–H groups in total. The summed E-state index contributed by atoms with van der Waals surface area (Å²) in [5.74, 6) is 1.33. The van der Waals surface area contributed by atoms with Crippen LogP contribution in [0.1, 0.15) is 24.6 Å². The van der Waals surface area contributed by atoms with Crippen molar-refractivity contribution in [1.29, 1.82) is 0 Å². The summed E-state index contributed by atoms with van der Waals surface area (Å²) < 4.78 is 5.15. The average molecular weight is 265 g/mol. The molecule has 1 aromatic heterocycles. The van der Waals surface area contributed by atoms with E-state index < -0.39 is 0 Å². The third kappa shape index (κ3) is 2.70. The quantitative estimate of drug-likeness (QED) is 0.854. The summed E-state index contributed by atoms with van der Waals surface area (Å²) in [5, 5.41) is 6.67. The van der Waals surface area contributed by atoms with E-state index in [9.17, 15) is 4.79 Å². The van der Waals surface area contributed by atoms with Gasteiger partial charge in [-0.1, -0.05) is 5.16 Å². The topological polar surface area (TPSA) is 74.5 Å². The maximum absolute atomic E-state index is 11.7. The molecule has 2 fully saturated rings. The summed E-state index contributed by atoms with van der Waals surface area (Å²) in [7, 11) is 0. The van der Waals surface area contributed by atoms with Crippen molar-refractivity contribution in [2.75, 3.05) is 26.2 Å². The van der Waals surface area contributed by atoms with Gasteiger partial charge in [-0.3, -0.25) is 4.90 Å². The van der Waals surface area contributed by atoms with Crippen LogP contribution in [0.5, 0.6) is 0 Å². The molecule has 2 aliphatic heterocycles. The van der Waals surface area contributed by atoms with E-state index in [1.807, 2.05) is 11.8 Å². The standard InChI is InChI=1S/C12H19N5O2/c1-9-14-11(19-15-9)8-16-5-2-3-10(7-16)17-6-4-13-12(17)18/h10H,2-8H2,1H3,(H,13,18). The van der Waals surface area contributed by atoms with Gasteiger partial charge in [0.25, 0.3) is 0 Å². The zero-order valence-electron chi connectivity index (χ0n) is 11.1. The Hall–Kier alpha value is -1.63. The normalized spacial score (nSPS) is 24.8. The van der Waals surface area contributed by atoms with E-state index in [1.165, 1.54) is 0 Å². The molecule has 2 amide bonds. The highest BCUT2D eigenvalue weighted by molar-refractivity contribution is 5.76. The first-order valence-electron chi connectivity index (χ1n) is 6.78. The molecule has 0 saturated carbocycles. The van der Waals surface area contributed by atoms with E-state index in [4.69, 9.17) is 4.52 Å². The molecule has 0 aromatic carbocycles. The number of carbonyl (C=O) groups excluding carboxylic acids is 1. The first-order valence-corrected chi connectivity index (χ1v) is 6.78. The summed E-state index contributed by atoms with van der Waals surface area (Å²) in [6.45, 7) is 5.98. The molecule has 2 saturated heterocycles. The van der Waals surface area contributed by atoms with Crippen molar-refractivity contribution in [2.24, 2.45) is 0 Å². The molecule has 1 unspecified atom stereocenters. The Balaban J connectivity index is 1.60. The fourth-order valence-electron chi connectivity index (χ4n) is 2.86. The Bertz CT molecular complexity index is 461. The number of rotatable bonds is 3. The van der Waals surface area contributed by atoms with Gasteiger partial charge in [0.2, 0.25) is 5.89 Å². The number of piperidine rings is 1.